The minimum Gasteiger partial charge on any atom is -0.495 e. The number of fused-ring (bicyclic) bond motifs is 1. The second-order valence-corrected chi connectivity index (χ2v) is 8.12. The maximum atomic E-state index is 12.6. The Morgan fingerprint density at radius 3 is 3.00 bits per heavy atom. The van der Waals surface area contributed by atoms with Crippen LogP contribution in [0.15, 0.2) is 46.2 Å². The number of benzene rings is 1. The van der Waals surface area contributed by atoms with E-state index in [0.717, 1.165) is 5.56 Å². The highest BCUT2D eigenvalue weighted by molar-refractivity contribution is 7.99. The molecule has 1 N–H and O–H groups in total. The van der Waals surface area contributed by atoms with Crippen molar-refractivity contribution in [1.29, 1.82) is 0 Å². The third kappa shape index (κ3) is 4.24. The smallest absolute Gasteiger partial charge is 0.263 e. The molecule has 6 nitrogen and oxygen atoms in total. The highest BCUT2D eigenvalue weighted by Crippen LogP contribution is 2.31. The number of carbonyl (C=O) groups is 1. The molecule has 2 heterocycles. The number of rotatable bonds is 7. The second kappa shape index (κ2) is 8.81. The third-order valence-corrected chi connectivity index (χ3v) is 6.14. The first-order chi connectivity index (χ1) is 13.4. The van der Waals surface area contributed by atoms with Crippen molar-refractivity contribution in [3.05, 3.63) is 57.2 Å². The van der Waals surface area contributed by atoms with Crippen LogP contribution in [0.1, 0.15) is 5.56 Å². The van der Waals surface area contributed by atoms with Crippen molar-refractivity contribution in [2.45, 2.75) is 18.6 Å². The number of hydrogen-bond acceptors (Lipinski definition) is 6. The number of allylic oxidation sites excluding steroid dienone is 1. The van der Waals surface area contributed by atoms with E-state index in [9.17, 15) is 9.59 Å². The summed E-state index contributed by atoms with van der Waals surface area (Å²) < 4.78 is 6.80. The molecule has 0 fully saturated rings. The van der Waals surface area contributed by atoms with Crippen molar-refractivity contribution in [2.75, 3.05) is 18.2 Å². The maximum Gasteiger partial charge on any atom is 0.263 e. The molecule has 0 radical (unpaired) electrons. The Bertz CT molecular complexity index is 1110. The molecule has 0 aliphatic rings. The van der Waals surface area contributed by atoms with Gasteiger partial charge in [0.25, 0.3) is 5.56 Å². The van der Waals surface area contributed by atoms with E-state index in [-0.39, 0.29) is 17.2 Å². The Morgan fingerprint density at radius 1 is 1.50 bits per heavy atom. The fourth-order valence-electron chi connectivity index (χ4n) is 2.58. The van der Waals surface area contributed by atoms with Gasteiger partial charge in [0.15, 0.2) is 5.16 Å². The van der Waals surface area contributed by atoms with Gasteiger partial charge in [-0.25, -0.2) is 4.98 Å². The highest BCUT2D eigenvalue weighted by Gasteiger charge is 2.15. The fourth-order valence-corrected chi connectivity index (χ4v) is 4.34. The normalized spacial score (nSPS) is 10.8. The average Bonchev–Trinajstić information content (AvgIpc) is 3.14. The Kier molecular flexibility index (Phi) is 6.43. The average molecular weight is 436 g/mol. The van der Waals surface area contributed by atoms with Gasteiger partial charge < -0.3 is 10.1 Å². The van der Waals surface area contributed by atoms with Gasteiger partial charge in [-0.1, -0.05) is 29.4 Å². The molecule has 0 aliphatic heterocycles. The second-order valence-electron chi connectivity index (χ2n) is 5.88. The number of methoxy groups -OCH3 is 1. The molecular formula is C19H18ClN3O3S2. The predicted octanol–water partition coefficient (Wildman–Crippen LogP) is 4.35. The van der Waals surface area contributed by atoms with Crippen LogP contribution in [0.2, 0.25) is 5.02 Å². The van der Waals surface area contributed by atoms with Crippen molar-refractivity contribution in [3.63, 3.8) is 0 Å². The first-order valence-corrected chi connectivity index (χ1v) is 10.5. The van der Waals surface area contributed by atoms with Gasteiger partial charge in [0.1, 0.15) is 10.6 Å². The summed E-state index contributed by atoms with van der Waals surface area (Å²) >= 11 is 8.69. The van der Waals surface area contributed by atoms with Crippen LogP contribution in [-0.4, -0.2) is 28.3 Å². The number of aromatic nitrogens is 2. The lowest BCUT2D eigenvalue weighted by Crippen LogP contribution is -2.23. The number of thiophene rings is 1. The first kappa shape index (κ1) is 20.4. The van der Waals surface area contributed by atoms with Crippen molar-refractivity contribution in [3.8, 4) is 5.75 Å². The predicted molar refractivity (Wildman–Crippen MR) is 116 cm³/mol. The van der Waals surface area contributed by atoms with Crippen molar-refractivity contribution >= 4 is 56.5 Å². The summed E-state index contributed by atoms with van der Waals surface area (Å²) in [6, 6.07) is 5.17. The Balaban J connectivity index is 1.80. The van der Waals surface area contributed by atoms with E-state index in [1.165, 1.54) is 34.8 Å². The lowest BCUT2D eigenvalue weighted by molar-refractivity contribution is -0.113. The van der Waals surface area contributed by atoms with Crippen LogP contribution in [0, 0.1) is 6.92 Å². The van der Waals surface area contributed by atoms with Crippen LogP contribution in [-0.2, 0) is 11.3 Å². The zero-order valence-corrected chi connectivity index (χ0v) is 17.7. The first-order valence-electron chi connectivity index (χ1n) is 8.30. The summed E-state index contributed by atoms with van der Waals surface area (Å²) in [6.45, 7) is 5.87. The molecule has 0 bridgehead atoms. The molecule has 1 aromatic carbocycles. The van der Waals surface area contributed by atoms with Crippen LogP contribution in [0.4, 0.5) is 5.69 Å². The van der Waals surface area contributed by atoms with E-state index in [1.807, 2.05) is 12.3 Å². The summed E-state index contributed by atoms with van der Waals surface area (Å²) in [5.74, 6) is 0.331. The molecule has 146 valence electrons. The molecule has 0 aliphatic carbocycles. The maximum absolute atomic E-state index is 12.6. The summed E-state index contributed by atoms with van der Waals surface area (Å²) in [5.41, 5.74) is 1.24. The quantitative estimate of drug-likeness (QED) is 0.339. The molecule has 1 amide bonds. The van der Waals surface area contributed by atoms with E-state index in [2.05, 4.69) is 16.9 Å². The minimum atomic E-state index is -0.240. The van der Waals surface area contributed by atoms with Crippen LogP contribution in [0.5, 0.6) is 5.75 Å². The Labute approximate surface area is 175 Å². The molecule has 3 aromatic rings. The zero-order valence-electron chi connectivity index (χ0n) is 15.3. The van der Waals surface area contributed by atoms with Gasteiger partial charge in [-0.05, 0) is 30.0 Å². The fraction of sp³-hybridized carbons (Fsp3) is 0.211. The highest BCUT2D eigenvalue weighted by atomic mass is 35.5. The Morgan fingerprint density at radius 2 is 2.29 bits per heavy atom. The van der Waals surface area contributed by atoms with E-state index in [0.29, 0.717) is 38.4 Å². The summed E-state index contributed by atoms with van der Waals surface area (Å²) in [5, 5.41) is 6.26. The van der Waals surface area contributed by atoms with Gasteiger partial charge in [-0.2, -0.15) is 0 Å². The van der Waals surface area contributed by atoms with Crippen LogP contribution < -0.4 is 15.6 Å². The number of carbonyl (C=O) groups excluding carboxylic acids is 1. The summed E-state index contributed by atoms with van der Waals surface area (Å²) in [6.07, 6.45) is 1.63. The van der Waals surface area contributed by atoms with E-state index < -0.39 is 0 Å². The van der Waals surface area contributed by atoms with E-state index in [4.69, 9.17) is 16.3 Å². The van der Waals surface area contributed by atoms with Crippen LogP contribution in [0.25, 0.3) is 10.2 Å². The van der Waals surface area contributed by atoms with Gasteiger partial charge in [-0.15, -0.1) is 17.9 Å². The Hall–Kier alpha value is -2.29. The molecular weight excluding hydrogens is 418 g/mol. The van der Waals surface area contributed by atoms with E-state index in [1.54, 1.807) is 24.3 Å². The monoisotopic (exact) mass is 435 g/mol. The number of amides is 1. The number of hydrogen-bond donors (Lipinski definition) is 1. The topological polar surface area (TPSA) is 73.2 Å². The number of nitrogens with zero attached hydrogens (tertiary/aromatic N) is 2. The number of nitrogens with one attached hydrogen (secondary N) is 1. The molecule has 0 spiro atoms. The van der Waals surface area contributed by atoms with Crippen molar-refractivity contribution in [2.24, 2.45) is 0 Å². The number of anilines is 1. The van der Waals surface area contributed by atoms with Gasteiger partial charge in [-0.3, -0.25) is 14.2 Å². The zero-order chi connectivity index (χ0) is 20.3. The van der Waals surface area contributed by atoms with Gasteiger partial charge in [0, 0.05) is 17.6 Å². The molecule has 3 rings (SSSR count). The number of halogens is 1. The third-order valence-electron chi connectivity index (χ3n) is 3.95. The van der Waals surface area contributed by atoms with Gasteiger partial charge in [0.2, 0.25) is 5.91 Å². The number of ether oxygens (including phenoxy) is 1. The van der Waals surface area contributed by atoms with Crippen molar-refractivity contribution < 1.29 is 9.53 Å². The molecule has 0 saturated carbocycles. The molecule has 2 aromatic heterocycles. The lowest BCUT2D eigenvalue weighted by Gasteiger charge is -2.13. The van der Waals surface area contributed by atoms with E-state index >= 15 is 0 Å². The summed E-state index contributed by atoms with van der Waals surface area (Å²) in [4.78, 5) is 30.3. The minimum absolute atomic E-state index is 0.0886. The van der Waals surface area contributed by atoms with Gasteiger partial charge in [0.05, 0.1) is 23.9 Å². The lowest BCUT2D eigenvalue weighted by atomic mass is 10.2. The van der Waals surface area contributed by atoms with Crippen molar-refractivity contribution in [1.82, 2.24) is 9.55 Å². The largest absolute Gasteiger partial charge is 0.495 e. The SMILES string of the molecule is C=CCn1c(SCC(=O)Nc2cc(C)c(Cl)cc2OC)nc2sccc2c1=O. The number of aryl methyl sites for hydroxylation is 1. The van der Waals surface area contributed by atoms with Crippen LogP contribution >= 0.6 is 34.7 Å². The van der Waals surface area contributed by atoms with Gasteiger partial charge >= 0.3 is 0 Å². The standard InChI is InChI=1S/C19H18ClN3O3S2/c1-4-6-23-18(25)12-5-7-27-17(12)22-19(23)28-10-16(24)21-14-8-11(2)13(20)9-15(14)26-3/h4-5,7-9H,1,6,10H2,2-3H3,(H,21,24). The molecule has 28 heavy (non-hydrogen) atoms. The molecule has 0 atom stereocenters. The summed E-state index contributed by atoms with van der Waals surface area (Å²) in [7, 11) is 1.51. The molecule has 0 saturated heterocycles. The molecule has 9 heteroatoms. The number of thioether (sulfide) groups is 1. The molecule has 0 unspecified atom stereocenters. The van der Waals surface area contributed by atoms with Crippen LogP contribution in [0.3, 0.4) is 0 Å².